The lowest BCUT2D eigenvalue weighted by molar-refractivity contribution is -0.151. The summed E-state index contributed by atoms with van der Waals surface area (Å²) < 4.78 is 10.4. The van der Waals surface area contributed by atoms with E-state index in [1.165, 1.54) is 12.0 Å². The summed E-state index contributed by atoms with van der Waals surface area (Å²) in [5, 5.41) is 12.0. The number of hydrogen-bond donors (Lipinski definition) is 2. The maximum absolute atomic E-state index is 12.4. The summed E-state index contributed by atoms with van der Waals surface area (Å²) in [6, 6.07) is 6.78. The van der Waals surface area contributed by atoms with Gasteiger partial charge in [-0.2, -0.15) is 0 Å². The number of ether oxygens (including phenoxy) is 2. The number of nitrogens with one attached hydrogen (secondary N) is 1. The van der Waals surface area contributed by atoms with Crippen LogP contribution in [0, 0.1) is 5.41 Å². The van der Waals surface area contributed by atoms with Gasteiger partial charge < -0.3 is 24.8 Å². The average Bonchev–Trinajstić information content (AvgIpc) is 3.06. The Kier molecular flexibility index (Phi) is 6.57. The zero-order valence-electron chi connectivity index (χ0n) is 15.0. The quantitative estimate of drug-likeness (QED) is 0.706. The third-order valence-corrected chi connectivity index (χ3v) is 4.41. The fourth-order valence-electron chi connectivity index (χ4n) is 3.01. The molecular weight excluding hydrogens is 340 g/mol. The van der Waals surface area contributed by atoms with Crippen molar-refractivity contribution >= 4 is 17.8 Å². The van der Waals surface area contributed by atoms with Crippen molar-refractivity contribution in [2.45, 2.75) is 13.3 Å². The van der Waals surface area contributed by atoms with Crippen LogP contribution in [0.15, 0.2) is 24.3 Å². The molecule has 1 aromatic carbocycles. The van der Waals surface area contributed by atoms with Gasteiger partial charge in [-0.3, -0.25) is 14.4 Å². The molecule has 2 rings (SSSR count). The van der Waals surface area contributed by atoms with Crippen molar-refractivity contribution in [2.24, 2.45) is 5.41 Å². The number of carbonyl (C=O) groups is 3. The zero-order valence-corrected chi connectivity index (χ0v) is 15.0. The highest BCUT2D eigenvalue weighted by Crippen LogP contribution is 2.31. The number of likely N-dealkylation sites (tertiary alicyclic amines) is 1. The van der Waals surface area contributed by atoms with Crippen molar-refractivity contribution in [1.29, 1.82) is 0 Å². The summed E-state index contributed by atoms with van der Waals surface area (Å²) in [4.78, 5) is 37.7. The Labute approximate surface area is 152 Å². The van der Waals surface area contributed by atoms with Gasteiger partial charge in [0.05, 0.1) is 25.3 Å². The summed E-state index contributed by atoms with van der Waals surface area (Å²) in [7, 11) is 1.44. The van der Waals surface area contributed by atoms with E-state index in [2.05, 4.69) is 5.32 Å². The second kappa shape index (κ2) is 8.66. The van der Waals surface area contributed by atoms with Crippen LogP contribution in [0.5, 0.6) is 5.75 Å². The monoisotopic (exact) mass is 364 g/mol. The average molecular weight is 364 g/mol. The molecule has 26 heavy (non-hydrogen) atoms. The molecular formula is C18H24N2O6. The van der Waals surface area contributed by atoms with E-state index in [4.69, 9.17) is 9.47 Å². The Balaban J connectivity index is 1.95. The first-order chi connectivity index (χ1) is 12.4. The molecule has 8 nitrogen and oxygen atoms in total. The standard InChI is InChI=1S/C18H24N2O6/c1-3-26-14-7-5-4-6-13(14)16(22)19-10-15(21)20-9-8-18(11-20,12-25-2)17(23)24/h4-7H,3,8-12H2,1-2H3,(H,19,22)(H,23,24). The molecule has 1 aliphatic rings. The lowest BCUT2D eigenvalue weighted by atomic mass is 9.88. The van der Waals surface area contributed by atoms with Crippen LogP contribution in [0.3, 0.4) is 0 Å². The highest BCUT2D eigenvalue weighted by Gasteiger charge is 2.46. The van der Waals surface area contributed by atoms with Gasteiger partial charge in [0.15, 0.2) is 0 Å². The Morgan fingerprint density at radius 3 is 2.69 bits per heavy atom. The molecule has 0 saturated carbocycles. The van der Waals surface area contributed by atoms with Crippen molar-refractivity contribution in [3.05, 3.63) is 29.8 Å². The van der Waals surface area contributed by atoms with E-state index < -0.39 is 17.3 Å². The number of rotatable bonds is 8. The molecule has 1 atom stereocenters. The van der Waals surface area contributed by atoms with E-state index in [1.807, 2.05) is 6.92 Å². The van der Waals surface area contributed by atoms with Crippen LogP contribution >= 0.6 is 0 Å². The molecule has 1 saturated heterocycles. The van der Waals surface area contributed by atoms with Gasteiger partial charge in [-0.1, -0.05) is 12.1 Å². The molecule has 1 aliphatic heterocycles. The van der Waals surface area contributed by atoms with E-state index in [-0.39, 0.29) is 25.6 Å². The Morgan fingerprint density at radius 2 is 2.04 bits per heavy atom. The molecule has 0 aromatic heterocycles. The number of amides is 2. The zero-order chi connectivity index (χ0) is 19.2. The Hall–Kier alpha value is -2.61. The summed E-state index contributed by atoms with van der Waals surface area (Å²) >= 11 is 0. The number of carboxylic acid groups (broad SMARTS) is 1. The van der Waals surface area contributed by atoms with Crippen LogP contribution in [-0.4, -0.2) is 67.7 Å². The molecule has 0 bridgehead atoms. The van der Waals surface area contributed by atoms with Gasteiger partial charge in [0, 0.05) is 20.2 Å². The second-order valence-corrected chi connectivity index (χ2v) is 6.20. The first-order valence-electron chi connectivity index (χ1n) is 8.43. The van der Waals surface area contributed by atoms with Gasteiger partial charge in [-0.15, -0.1) is 0 Å². The summed E-state index contributed by atoms with van der Waals surface area (Å²) in [6.07, 6.45) is 0.322. The minimum absolute atomic E-state index is 0.0419. The summed E-state index contributed by atoms with van der Waals surface area (Å²) in [5.41, 5.74) is -0.737. The van der Waals surface area contributed by atoms with E-state index >= 15 is 0 Å². The maximum atomic E-state index is 12.4. The topological polar surface area (TPSA) is 105 Å². The minimum Gasteiger partial charge on any atom is -0.493 e. The van der Waals surface area contributed by atoms with Crippen molar-refractivity contribution in [3.8, 4) is 5.75 Å². The van der Waals surface area contributed by atoms with Crippen LogP contribution < -0.4 is 10.1 Å². The SMILES string of the molecule is CCOc1ccccc1C(=O)NCC(=O)N1CCC(COC)(C(=O)O)C1. The van der Waals surface area contributed by atoms with E-state index in [0.29, 0.717) is 30.9 Å². The summed E-state index contributed by atoms with van der Waals surface area (Å²) in [6.45, 7) is 2.47. The van der Waals surface area contributed by atoms with Gasteiger partial charge in [0.25, 0.3) is 5.91 Å². The minimum atomic E-state index is -1.09. The predicted molar refractivity (Wildman–Crippen MR) is 93.1 cm³/mol. The first-order valence-corrected chi connectivity index (χ1v) is 8.43. The number of hydrogen-bond acceptors (Lipinski definition) is 5. The van der Waals surface area contributed by atoms with Gasteiger partial charge in [-0.05, 0) is 25.5 Å². The number of benzene rings is 1. The maximum Gasteiger partial charge on any atom is 0.313 e. The molecule has 142 valence electrons. The summed E-state index contributed by atoms with van der Waals surface area (Å²) in [5.74, 6) is -1.27. The molecule has 2 N–H and O–H groups in total. The van der Waals surface area contributed by atoms with Crippen LogP contribution in [0.2, 0.25) is 0 Å². The predicted octanol–water partition coefficient (Wildman–Crippen LogP) is 0.765. The van der Waals surface area contributed by atoms with Gasteiger partial charge in [-0.25, -0.2) is 0 Å². The number of nitrogens with zero attached hydrogens (tertiary/aromatic N) is 1. The normalized spacial score (nSPS) is 19.2. The lowest BCUT2D eigenvalue weighted by Crippen LogP contribution is -2.43. The molecule has 0 aliphatic carbocycles. The molecule has 1 heterocycles. The molecule has 8 heteroatoms. The third kappa shape index (κ3) is 4.32. The molecule has 1 unspecified atom stereocenters. The fraction of sp³-hybridized carbons (Fsp3) is 0.500. The molecule has 0 spiro atoms. The van der Waals surface area contributed by atoms with Gasteiger partial charge in [0.2, 0.25) is 5.91 Å². The number of aliphatic carboxylic acids is 1. The molecule has 1 aromatic rings. The van der Waals surface area contributed by atoms with Gasteiger partial charge in [0.1, 0.15) is 11.2 Å². The molecule has 1 fully saturated rings. The molecule has 0 radical (unpaired) electrons. The number of methoxy groups -OCH3 is 1. The fourth-order valence-corrected chi connectivity index (χ4v) is 3.01. The van der Waals surface area contributed by atoms with Crippen LogP contribution in [0.25, 0.3) is 0 Å². The Bertz CT molecular complexity index is 677. The molecule has 2 amide bonds. The highest BCUT2D eigenvalue weighted by molar-refractivity contribution is 5.98. The van der Waals surface area contributed by atoms with E-state index in [1.54, 1.807) is 24.3 Å². The van der Waals surface area contributed by atoms with Crippen LogP contribution in [0.4, 0.5) is 0 Å². The number of carboxylic acids is 1. The van der Waals surface area contributed by atoms with Gasteiger partial charge >= 0.3 is 5.97 Å². The third-order valence-electron chi connectivity index (χ3n) is 4.41. The highest BCUT2D eigenvalue weighted by atomic mass is 16.5. The van der Waals surface area contributed by atoms with E-state index in [0.717, 1.165) is 0 Å². The number of para-hydroxylation sites is 1. The number of carbonyl (C=O) groups excluding carboxylic acids is 2. The van der Waals surface area contributed by atoms with Crippen LogP contribution in [-0.2, 0) is 14.3 Å². The Morgan fingerprint density at radius 1 is 1.31 bits per heavy atom. The smallest absolute Gasteiger partial charge is 0.313 e. The van der Waals surface area contributed by atoms with Crippen molar-refractivity contribution in [3.63, 3.8) is 0 Å². The van der Waals surface area contributed by atoms with Crippen molar-refractivity contribution in [1.82, 2.24) is 10.2 Å². The first kappa shape index (κ1) is 19.7. The second-order valence-electron chi connectivity index (χ2n) is 6.20. The lowest BCUT2D eigenvalue weighted by Gasteiger charge is -2.23. The van der Waals surface area contributed by atoms with Crippen molar-refractivity contribution < 1.29 is 29.0 Å². The van der Waals surface area contributed by atoms with E-state index in [9.17, 15) is 19.5 Å². The largest absolute Gasteiger partial charge is 0.493 e. The van der Waals surface area contributed by atoms with Crippen molar-refractivity contribution in [2.75, 3.05) is 40.0 Å². The van der Waals surface area contributed by atoms with Crippen LogP contribution in [0.1, 0.15) is 23.7 Å².